The van der Waals surface area contributed by atoms with E-state index in [2.05, 4.69) is 15.6 Å². The first-order valence-electron chi connectivity index (χ1n) is 9.26. The molecule has 0 unspecified atom stereocenters. The van der Waals surface area contributed by atoms with Gasteiger partial charge < -0.3 is 20.3 Å². The number of hydrogen-bond donors (Lipinski definition) is 2. The number of rotatable bonds is 8. The van der Waals surface area contributed by atoms with Crippen molar-refractivity contribution < 1.29 is 9.53 Å². The van der Waals surface area contributed by atoms with E-state index >= 15 is 0 Å². The van der Waals surface area contributed by atoms with Crippen LogP contribution in [0.15, 0.2) is 23.2 Å². The number of benzene rings is 1. The van der Waals surface area contributed by atoms with Crippen molar-refractivity contribution in [2.24, 2.45) is 4.99 Å². The van der Waals surface area contributed by atoms with Crippen LogP contribution >= 0.6 is 11.6 Å². The summed E-state index contributed by atoms with van der Waals surface area (Å²) in [6, 6.07) is 5.70. The standard InChI is InChI=1S/C19H29ClN4O2/c1-3-21-19(23-11-9-18(25)24-12-4-5-13-24)22-10-8-15-6-7-16(26-2)14-17(15)20/h6-7,14H,3-5,8-13H2,1-2H3,(H2,21,22,23). The second-order valence-electron chi connectivity index (χ2n) is 6.23. The summed E-state index contributed by atoms with van der Waals surface area (Å²) in [5.74, 6) is 1.68. The molecule has 0 aliphatic carbocycles. The number of carbonyl (C=O) groups is 1. The number of methoxy groups -OCH3 is 1. The van der Waals surface area contributed by atoms with Crippen molar-refractivity contribution in [1.29, 1.82) is 0 Å². The van der Waals surface area contributed by atoms with E-state index in [1.54, 1.807) is 7.11 Å². The SMILES string of the molecule is CCNC(=NCCC(=O)N1CCCC1)NCCc1ccc(OC)cc1Cl. The summed E-state index contributed by atoms with van der Waals surface area (Å²) in [7, 11) is 1.63. The van der Waals surface area contributed by atoms with E-state index in [0.29, 0.717) is 24.5 Å². The molecular formula is C19H29ClN4O2. The Kier molecular flexibility index (Phi) is 8.54. The lowest BCUT2D eigenvalue weighted by atomic mass is 10.1. The van der Waals surface area contributed by atoms with Gasteiger partial charge in [0.2, 0.25) is 5.91 Å². The minimum atomic E-state index is 0.201. The van der Waals surface area contributed by atoms with Crippen molar-refractivity contribution in [2.45, 2.75) is 32.6 Å². The molecule has 2 N–H and O–H groups in total. The fourth-order valence-corrected chi connectivity index (χ4v) is 3.17. The van der Waals surface area contributed by atoms with Gasteiger partial charge in [-0.05, 0) is 43.9 Å². The predicted octanol–water partition coefficient (Wildman–Crippen LogP) is 2.46. The van der Waals surface area contributed by atoms with Crippen LogP contribution in [0.5, 0.6) is 5.75 Å². The Hall–Kier alpha value is -1.95. The zero-order chi connectivity index (χ0) is 18.8. The van der Waals surface area contributed by atoms with Crippen molar-refractivity contribution in [2.75, 3.05) is 39.8 Å². The first kappa shape index (κ1) is 20.4. The molecule has 0 saturated carbocycles. The van der Waals surface area contributed by atoms with E-state index < -0.39 is 0 Å². The number of nitrogens with zero attached hydrogens (tertiary/aromatic N) is 2. The third-order valence-corrected chi connectivity index (χ3v) is 4.70. The van der Waals surface area contributed by atoms with Gasteiger partial charge in [-0.25, -0.2) is 0 Å². The summed E-state index contributed by atoms with van der Waals surface area (Å²) in [4.78, 5) is 18.5. The van der Waals surface area contributed by atoms with Gasteiger partial charge in [0.05, 0.1) is 13.7 Å². The number of nitrogens with one attached hydrogen (secondary N) is 2. The fourth-order valence-electron chi connectivity index (χ4n) is 2.90. The van der Waals surface area contributed by atoms with Gasteiger partial charge >= 0.3 is 0 Å². The summed E-state index contributed by atoms with van der Waals surface area (Å²) >= 11 is 6.27. The van der Waals surface area contributed by atoms with E-state index in [-0.39, 0.29) is 5.91 Å². The lowest BCUT2D eigenvalue weighted by molar-refractivity contribution is -0.129. The average Bonchev–Trinajstić information content (AvgIpc) is 3.17. The molecule has 1 aromatic carbocycles. The molecule has 1 aliphatic rings. The van der Waals surface area contributed by atoms with Gasteiger partial charge in [-0.15, -0.1) is 0 Å². The van der Waals surface area contributed by atoms with Gasteiger partial charge in [0.1, 0.15) is 5.75 Å². The highest BCUT2D eigenvalue weighted by atomic mass is 35.5. The van der Waals surface area contributed by atoms with Gasteiger partial charge in [-0.3, -0.25) is 9.79 Å². The van der Waals surface area contributed by atoms with Crippen LogP contribution in [0, 0.1) is 0 Å². The normalized spacial score (nSPS) is 14.4. The molecule has 1 aliphatic heterocycles. The maximum absolute atomic E-state index is 12.1. The number of likely N-dealkylation sites (tertiary alicyclic amines) is 1. The zero-order valence-electron chi connectivity index (χ0n) is 15.7. The number of hydrogen-bond acceptors (Lipinski definition) is 3. The molecule has 2 rings (SSSR count). The van der Waals surface area contributed by atoms with Crippen molar-refractivity contribution in [3.05, 3.63) is 28.8 Å². The van der Waals surface area contributed by atoms with Gasteiger partial charge in [0.25, 0.3) is 0 Å². The van der Waals surface area contributed by atoms with E-state index in [0.717, 1.165) is 56.2 Å². The monoisotopic (exact) mass is 380 g/mol. The molecule has 1 heterocycles. The number of guanidine groups is 1. The van der Waals surface area contributed by atoms with Crippen molar-refractivity contribution in [3.8, 4) is 5.75 Å². The van der Waals surface area contributed by atoms with Crippen LogP contribution in [0.1, 0.15) is 31.7 Å². The molecule has 0 bridgehead atoms. The second kappa shape index (κ2) is 10.9. The Morgan fingerprint density at radius 1 is 1.31 bits per heavy atom. The molecule has 1 fully saturated rings. The first-order valence-corrected chi connectivity index (χ1v) is 9.64. The van der Waals surface area contributed by atoms with Gasteiger partial charge in [0.15, 0.2) is 5.96 Å². The van der Waals surface area contributed by atoms with Crippen LogP contribution in [0.3, 0.4) is 0 Å². The molecule has 1 saturated heterocycles. The molecule has 0 radical (unpaired) electrons. The number of ether oxygens (including phenoxy) is 1. The smallest absolute Gasteiger partial charge is 0.224 e. The summed E-state index contributed by atoms with van der Waals surface area (Å²) in [6.45, 7) is 5.78. The maximum Gasteiger partial charge on any atom is 0.224 e. The first-order chi connectivity index (χ1) is 12.6. The second-order valence-corrected chi connectivity index (χ2v) is 6.64. The van der Waals surface area contributed by atoms with Crippen LogP contribution in [0.4, 0.5) is 0 Å². The van der Waals surface area contributed by atoms with Crippen LogP contribution in [0.2, 0.25) is 5.02 Å². The van der Waals surface area contributed by atoms with Crippen LogP contribution < -0.4 is 15.4 Å². The zero-order valence-corrected chi connectivity index (χ0v) is 16.4. The fraction of sp³-hybridized carbons (Fsp3) is 0.579. The number of carbonyl (C=O) groups excluding carboxylic acids is 1. The molecule has 6 nitrogen and oxygen atoms in total. The molecule has 7 heteroatoms. The van der Waals surface area contributed by atoms with Crippen LogP contribution in [-0.2, 0) is 11.2 Å². The van der Waals surface area contributed by atoms with E-state index in [1.807, 2.05) is 30.0 Å². The third-order valence-electron chi connectivity index (χ3n) is 4.35. The summed E-state index contributed by atoms with van der Waals surface area (Å²) in [5.41, 5.74) is 1.06. The minimum absolute atomic E-state index is 0.201. The Labute approximate surface area is 161 Å². The van der Waals surface area contributed by atoms with Crippen molar-refractivity contribution in [1.82, 2.24) is 15.5 Å². The molecular weight excluding hydrogens is 352 g/mol. The molecule has 0 aromatic heterocycles. The largest absolute Gasteiger partial charge is 0.497 e. The maximum atomic E-state index is 12.1. The van der Waals surface area contributed by atoms with Crippen molar-refractivity contribution >= 4 is 23.5 Å². The average molecular weight is 381 g/mol. The van der Waals surface area contributed by atoms with Crippen molar-refractivity contribution in [3.63, 3.8) is 0 Å². The summed E-state index contributed by atoms with van der Waals surface area (Å²) in [5, 5.41) is 7.20. The lowest BCUT2D eigenvalue weighted by Gasteiger charge is -2.15. The van der Waals surface area contributed by atoms with Crippen LogP contribution in [-0.4, -0.2) is 56.6 Å². The Morgan fingerprint density at radius 3 is 2.73 bits per heavy atom. The highest BCUT2D eigenvalue weighted by Crippen LogP contribution is 2.22. The number of halogens is 1. The molecule has 144 valence electrons. The summed E-state index contributed by atoms with van der Waals surface area (Å²) < 4.78 is 5.16. The molecule has 1 aromatic rings. The molecule has 1 amide bonds. The number of amides is 1. The Bertz CT molecular complexity index is 616. The number of aliphatic imine (C=N–C) groups is 1. The minimum Gasteiger partial charge on any atom is -0.497 e. The topological polar surface area (TPSA) is 66.0 Å². The highest BCUT2D eigenvalue weighted by molar-refractivity contribution is 6.31. The Morgan fingerprint density at radius 2 is 2.08 bits per heavy atom. The van der Waals surface area contributed by atoms with Gasteiger partial charge in [-0.1, -0.05) is 17.7 Å². The van der Waals surface area contributed by atoms with E-state index in [4.69, 9.17) is 16.3 Å². The van der Waals surface area contributed by atoms with Gasteiger partial charge in [0, 0.05) is 37.6 Å². The van der Waals surface area contributed by atoms with Gasteiger partial charge in [-0.2, -0.15) is 0 Å². The molecule has 0 atom stereocenters. The molecule has 0 spiro atoms. The lowest BCUT2D eigenvalue weighted by Crippen LogP contribution is -2.38. The third kappa shape index (κ3) is 6.41. The summed E-state index contributed by atoms with van der Waals surface area (Å²) in [6.07, 6.45) is 3.47. The Balaban J connectivity index is 1.78. The van der Waals surface area contributed by atoms with Crippen LogP contribution in [0.25, 0.3) is 0 Å². The quantitative estimate of drug-likeness (QED) is 0.537. The van der Waals surface area contributed by atoms with E-state index in [9.17, 15) is 4.79 Å². The highest BCUT2D eigenvalue weighted by Gasteiger charge is 2.16. The molecule has 26 heavy (non-hydrogen) atoms. The predicted molar refractivity (Wildman–Crippen MR) is 106 cm³/mol. The van der Waals surface area contributed by atoms with E-state index in [1.165, 1.54) is 0 Å².